The number of thiophene rings is 1. The first-order chi connectivity index (χ1) is 6.11. The zero-order valence-electron chi connectivity index (χ0n) is 7.16. The van der Waals surface area contributed by atoms with Gasteiger partial charge in [0.25, 0.3) is 0 Å². The van der Waals surface area contributed by atoms with Crippen LogP contribution in [0.25, 0.3) is 0 Å². The maximum Gasteiger partial charge on any atom is 0.349 e. The molecule has 1 rings (SSSR count). The van der Waals surface area contributed by atoms with Crippen molar-refractivity contribution < 1.29 is 19.4 Å². The molecule has 0 aliphatic rings. The van der Waals surface area contributed by atoms with Crippen molar-refractivity contribution in [2.45, 2.75) is 0 Å². The molecule has 13 heavy (non-hydrogen) atoms. The van der Waals surface area contributed by atoms with Gasteiger partial charge in [-0.1, -0.05) is 0 Å². The van der Waals surface area contributed by atoms with Gasteiger partial charge in [-0.25, -0.2) is 4.79 Å². The van der Waals surface area contributed by atoms with Gasteiger partial charge in [0.1, 0.15) is 5.00 Å². The molecule has 0 fully saturated rings. The number of ether oxygens (including phenoxy) is 2. The summed E-state index contributed by atoms with van der Waals surface area (Å²) in [5.41, 5.74) is 5.52. The summed E-state index contributed by atoms with van der Waals surface area (Å²) in [6.45, 7) is 0. The van der Waals surface area contributed by atoms with Crippen LogP contribution in [0.15, 0.2) is 0 Å². The van der Waals surface area contributed by atoms with Crippen molar-refractivity contribution in [1.82, 2.24) is 0 Å². The predicted molar refractivity (Wildman–Crippen MR) is 48.8 cm³/mol. The van der Waals surface area contributed by atoms with Crippen LogP contribution in [0.2, 0.25) is 0 Å². The maximum atomic E-state index is 10.7. The summed E-state index contributed by atoms with van der Waals surface area (Å²) in [7, 11) is 2.78. The van der Waals surface area contributed by atoms with E-state index in [0.29, 0.717) is 5.00 Å². The van der Waals surface area contributed by atoms with Gasteiger partial charge in [0.05, 0.1) is 14.2 Å². The Kier molecular flexibility index (Phi) is 2.62. The summed E-state index contributed by atoms with van der Waals surface area (Å²) in [6, 6.07) is 0. The highest BCUT2D eigenvalue weighted by molar-refractivity contribution is 7.18. The molecule has 0 atom stereocenters. The molecule has 0 aliphatic heterocycles. The van der Waals surface area contributed by atoms with Gasteiger partial charge in [-0.05, 0) is 0 Å². The van der Waals surface area contributed by atoms with E-state index >= 15 is 0 Å². The minimum atomic E-state index is -1.07. The van der Waals surface area contributed by atoms with E-state index in [9.17, 15) is 4.79 Å². The minimum absolute atomic E-state index is 0.0526. The highest BCUT2D eigenvalue weighted by Crippen LogP contribution is 2.43. The van der Waals surface area contributed by atoms with E-state index in [-0.39, 0.29) is 16.4 Å². The molecule has 0 unspecified atom stereocenters. The number of hydrogen-bond donors (Lipinski definition) is 2. The fourth-order valence-corrected chi connectivity index (χ4v) is 1.78. The fraction of sp³-hybridized carbons (Fsp3) is 0.286. The number of carboxylic acids is 1. The van der Waals surface area contributed by atoms with Crippen molar-refractivity contribution in [2.24, 2.45) is 0 Å². The van der Waals surface area contributed by atoms with Gasteiger partial charge in [0.15, 0.2) is 16.4 Å². The average molecular weight is 203 g/mol. The summed E-state index contributed by atoms with van der Waals surface area (Å²) in [5.74, 6) is -0.612. The van der Waals surface area contributed by atoms with Crippen LogP contribution in [-0.4, -0.2) is 25.3 Å². The number of anilines is 1. The van der Waals surface area contributed by atoms with Gasteiger partial charge in [0, 0.05) is 0 Å². The zero-order valence-corrected chi connectivity index (χ0v) is 7.97. The van der Waals surface area contributed by atoms with E-state index in [4.69, 9.17) is 20.3 Å². The molecule has 0 saturated carbocycles. The summed E-state index contributed by atoms with van der Waals surface area (Å²) >= 11 is 0.926. The molecule has 1 aromatic heterocycles. The number of methoxy groups -OCH3 is 2. The number of rotatable bonds is 3. The van der Waals surface area contributed by atoms with Gasteiger partial charge >= 0.3 is 5.97 Å². The van der Waals surface area contributed by atoms with Gasteiger partial charge in [-0.15, -0.1) is 11.3 Å². The number of carboxylic acid groups (broad SMARTS) is 1. The second kappa shape index (κ2) is 3.53. The van der Waals surface area contributed by atoms with Crippen LogP contribution in [-0.2, 0) is 0 Å². The number of aromatic carboxylic acids is 1. The van der Waals surface area contributed by atoms with Crippen molar-refractivity contribution in [2.75, 3.05) is 20.0 Å². The lowest BCUT2D eigenvalue weighted by Gasteiger charge is -2.02. The first-order valence-corrected chi connectivity index (χ1v) is 4.17. The molecule has 6 heteroatoms. The Balaban J connectivity index is 3.29. The highest BCUT2D eigenvalue weighted by Gasteiger charge is 2.22. The Morgan fingerprint density at radius 2 is 1.92 bits per heavy atom. The third kappa shape index (κ3) is 1.52. The number of hydrogen-bond acceptors (Lipinski definition) is 5. The average Bonchev–Trinajstić information content (AvgIpc) is 2.41. The molecule has 0 amide bonds. The fourth-order valence-electron chi connectivity index (χ4n) is 0.937. The topological polar surface area (TPSA) is 81.8 Å². The molecular weight excluding hydrogens is 194 g/mol. The van der Waals surface area contributed by atoms with Gasteiger partial charge < -0.3 is 20.3 Å². The SMILES string of the molecule is COc1c(N)sc(C(=O)O)c1OC. The Hall–Kier alpha value is -1.43. The largest absolute Gasteiger partial charge is 0.491 e. The van der Waals surface area contributed by atoms with Crippen molar-refractivity contribution in [1.29, 1.82) is 0 Å². The molecular formula is C7H9NO4S. The normalized spacial score (nSPS) is 9.69. The van der Waals surface area contributed by atoms with E-state index in [1.165, 1.54) is 14.2 Å². The number of nitrogen functional groups attached to an aromatic ring is 1. The summed E-state index contributed by atoms with van der Waals surface area (Å²) < 4.78 is 9.77. The smallest absolute Gasteiger partial charge is 0.349 e. The summed E-state index contributed by atoms with van der Waals surface area (Å²) in [5, 5.41) is 9.05. The van der Waals surface area contributed by atoms with Gasteiger partial charge in [-0.3, -0.25) is 0 Å². The summed E-state index contributed by atoms with van der Waals surface area (Å²) in [4.78, 5) is 10.7. The van der Waals surface area contributed by atoms with E-state index in [2.05, 4.69) is 0 Å². The Labute approximate surface area is 78.7 Å². The highest BCUT2D eigenvalue weighted by atomic mass is 32.1. The van der Waals surface area contributed by atoms with Gasteiger partial charge in [0.2, 0.25) is 0 Å². The standard InChI is InChI=1S/C7H9NO4S/c1-11-3-4(12-2)6(8)13-5(3)7(9)10/h8H2,1-2H3,(H,9,10). The lowest BCUT2D eigenvalue weighted by Crippen LogP contribution is -1.96. The lowest BCUT2D eigenvalue weighted by atomic mass is 10.4. The summed E-state index contributed by atoms with van der Waals surface area (Å²) in [6.07, 6.45) is 0. The van der Waals surface area contributed by atoms with Crippen molar-refractivity contribution in [3.05, 3.63) is 4.88 Å². The van der Waals surface area contributed by atoms with E-state index in [1.807, 2.05) is 0 Å². The lowest BCUT2D eigenvalue weighted by molar-refractivity contribution is 0.0698. The minimum Gasteiger partial charge on any atom is -0.491 e. The van der Waals surface area contributed by atoms with Crippen LogP contribution < -0.4 is 15.2 Å². The second-order valence-electron chi connectivity index (χ2n) is 2.17. The molecule has 5 nitrogen and oxygen atoms in total. The third-order valence-corrected chi connectivity index (χ3v) is 2.42. The van der Waals surface area contributed by atoms with Crippen LogP contribution in [0.3, 0.4) is 0 Å². The molecule has 1 aromatic rings. The van der Waals surface area contributed by atoms with Crippen LogP contribution in [0, 0.1) is 0 Å². The zero-order chi connectivity index (χ0) is 10.0. The molecule has 0 aliphatic carbocycles. The molecule has 72 valence electrons. The number of nitrogens with two attached hydrogens (primary N) is 1. The maximum absolute atomic E-state index is 10.7. The molecule has 0 aromatic carbocycles. The predicted octanol–water partition coefficient (Wildman–Crippen LogP) is 1.05. The molecule has 0 bridgehead atoms. The third-order valence-electron chi connectivity index (χ3n) is 1.45. The number of carbonyl (C=O) groups is 1. The molecule has 0 spiro atoms. The van der Waals surface area contributed by atoms with E-state index < -0.39 is 5.97 Å². The van der Waals surface area contributed by atoms with E-state index in [0.717, 1.165) is 11.3 Å². The van der Waals surface area contributed by atoms with Crippen LogP contribution in [0.5, 0.6) is 11.5 Å². The van der Waals surface area contributed by atoms with Crippen LogP contribution >= 0.6 is 11.3 Å². The van der Waals surface area contributed by atoms with Crippen molar-refractivity contribution in [3.63, 3.8) is 0 Å². The molecule has 0 radical (unpaired) electrons. The monoisotopic (exact) mass is 203 g/mol. The van der Waals surface area contributed by atoms with Crippen molar-refractivity contribution in [3.8, 4) is 11.5 Å². The quantitative estimate of drug-likeness (QED) is 0.767. The van der Waals surface area contributed by atoms with Crippen LogP contribution in [0.1, 0.15) is 9.67 Å². The molecule has 3 N–H and O–H groups in total. The Bertz CT molecular complexity index is 333. The van der Waals surface area contributed by atoms with E-state index in [1.54, 1.807) is 0 Å². The second-order valence-corrected chi connectivity index (χ2v) is 3.22. The molecule has 1 heterocycles. The molecule has 0 saturated heterocycles. The van der Waals surface area contributed by atoms with Gasteiger partial charge in [-0.2, -0.15) is 0 Å². The first-order valence-electron chi connectivity index (χ1n) is 3.35. The Morgan fingerprint density at radius 3 is 2.31 bits per heavy atom. The Morgan fingerprint density at radius 1 is 1.38 bits per heavy atom. The van der Waals surface area contributed by atoms with Crippen molar-refractivity contribution >= 4 is 22.3 Å². The first kappa shape index (κ1) is 9.66. The van der Waals surface area contributed by atoms with Crippen LogP contribution in [0.4, 0.5) is 5.00 Å².